The van der Waals surface area contributed by atoms with Crippen molar-refractivity contribution in [3.63, 3.8) is 0 Å². The first-order valence-corrected chi connectivity index (χ1v) is 15.6. The normalized spacial score (nSPS) is 22.6. The summed E-state index contributed by atoms with van der Waals surface area (Å²) in [5.41, 5.74) is 3.76. The summed E-state index contributed by atoms with van der Waals surface area (Å²) in [6, 6.07) is 7.04. The first-order valence-electron chi connectivity index (χ1n) is 15.6. The van der Waals surface area contributed by atoms with Crippen LogP contribution in [0.4, 0.5) is 10.1 Å². The number of anilines is 1. The van der Waals surface area contributed by atoms with Crippen LogP contribution in [0.3, 0.4) is 0 Å². The van der Waals surface area contributed by atoms with Crippen molar-refractivity contribution >= 4 is 23.0 Å². The number of pyridine rings is 1. The average Bonchev–Trinajstić information content (AvgIpc) is 3.20. The molecule has 1 atom stereocenters. The van der Waals surface area contributed by atoms with Gasteiger partial charge in [0.2, 0.25) is 5.91 Å². The molecular weight excluding hydrogens is 531 g/mol. The number of carbonyl (C=O) groups excluding carboxylic acids is 2. The van der Waals surface area contributed by atoms with Crippen LogP contribution in [-0.2, 0) is 4.79 Å². The van der Waals surface area contributed by atoms with Gasteiger partial charge in [-0.05, 0) is 89.5 Å². The Morgan fingerprint density at radius 1 is 1.07 bits per heavy atom. The molecule has 1 aliphatic carbocycles. The second-order valence-electron chi connectivity index (χ2n) is 12.5. The van der Waals surface area contributed by atoms with Crippen LogP contribution >= 0.6 is 0 Å². The number of aromatic nitrogens is 2. The van der Waals surface area contributed by atoms with E-state index in [-0.39, 0.29) is 23.9 Å². The van der Waals surface area contributed by atoms with Crippen LogP contribution in [0.5, 0.6) is 0 Å². The average molecular weight is 575 g/mol. The van der Waals surface area contributed by atoms with E-state index in [1.165, 1.54) is 25.0 Å². The van der Waals surface area contributed by atoms with Crippen molar-refractivity contribution in [3.05, 3.63) is 53.9 Å². The second-order valence-corrected chi connectivity index (χ2v) is 12.5. The lowest BCUT2D eigenvalue weighted by Crippen LogP contribution is -2.59. The molecule has 1 N–H and O–H groups in total. The first-order chi connectivity index (χ1) is 20.2. The maximum absolute atomic E-state index is 14.6. The van der Waals surface area contributed by atoms with Crippen LogP contribution in [0.15, 0.2) is 36.7 Å². The maximum atomic E-state index is 14.6. The number of hydrogen-bond acceptors (Lipinski definition) is 5. The third kappa shape index (κ3) is 5.27. The summed E-state index contributed by atoms with van der Waals surface area (Å²) in [5.74, 6) is 0.939. The molecule has 4 fully saturated rings. The zero-order chi connectivity index (χ0) is 29.5. The molecule has 8 nitrogen and oxygen atoms in total. The summed E-state index contributed by atoms with van der Waals surface area (Å²) < 4.78 is 16.6. The topological polar surface area (TPSA) is 73.2 Å². The van der Waals surface area contributed by atoms with E-state index in [4.69, 9.17) is 0 Å². The van der Waals surface area contributed by atoms with E-state index in [1.807, 2.05) is 33.9 Å². The van der Waals surface area contributed by atoms with Gasteiger partial charge in [0.25, 0.3) is 5.91 Å². The number of fused-ring (bicyclic) bond motifs is 4. The molecule has 0 radical (unpaired) electrons. The minimum Gasteiger partial charge on any atom is -0.368 e. The molecule has 2 aromatic heterocycles. The van der Waals surface area contributed by atoms with Gasteiger partial charge in [0.1, 0.15) is 11.6 Å². The van der Waals surface area contributed by atoms with Crippen LogP contribution in [0, 0.1) is 18.7 Å². The van der Waals surface area contributed by atoms with E-state index in [2.05, 4.69) is 36.8 Å². The summed E-state index contributed by atoms with van der Waals surface area (Å²) in [6.45, 7) is 11.3. The maximum Gasteiger partial charge on any atom is 0.254 e. The highest BCUT2D eigenvalue weighted by atomic mass is 19.1. The van der Waals surface area contributed by atoms with E-state index in [9.17, 15) is 14.0 Å². The lowest BCUT2D eigenvalue weighted by Gasteiger charge is -2.44. The fourth-order valence-electron chi connectivity index (χ4n) is 7.30. The summed E-state index contributed by atoms with van der Waals surface area (Å²) >= 11 is 0. The van der Waals surface area contributed by atoms with Crippen LogP contribution < -0.4 is 10.2 Å². The lowest BCUT2D eigenvalue weighted by atomic mass is 9.76. The van der Waals surface area contributed by atoms with Gasteiger partial charge in [0, 0.05) is 56.6 Å². The summed E-state index contributed by atoms with van der Waals surface area (Å²) in [5, 5.41) is 3.63. The Kier molecular flexibility index (Phi) is 7.96. The number of imidazole rings is 1. The highest BCUT2D eigenvalue weighted by molar-refractivity contribution is 6.03. The van der Waals surface area contributed by atoms with Crippen LogP contribution in [-0.4, -0.2) is 81.8 Å². The molecule has 2 bridgehead atoms. The smallest absolute Gasteiger partial charge is 0.254 e. The number of aryl methyl sites for hydroxylation is 1. The minimum absolute atomic E-state index is 0.0103. The Morgan fingerprint density at radius 2 is 1.86 bits per heavy atom. The molecule has 7 rings (SSSR count). The molecule has 1 saturated carbocycles. The van der Waals surface area contributed by atoms with Gasteiger partial charge in [-0.1, -0.05) is 6.07 Å². The SMILES string of the molecule is CCN(C(=O)c1cc(F)ccc1-c1cc(N2CCCN(C(=O)[C@@H]3NC4CCC3CC4)CC2)cn2c(C)ncc12)C(C)C. The molecule has 42 heavy (non-hydrogen) atoms. The number of nitrogens with zero attached hydrogens (tertiary/aromatic N) is 5. The monoisotopic (exact) mass is 574 g/mol. The van der Waals surface area contributed by atoms with Gasteiger partial charge < -0.3 is 24.4 Å². The lowest BCUT2D eigenvalue weighted by molar-refractivity contribution is -0.137. The molecule has 3 saturated heterocycles. The summed E-state index contributed by atoms with van der Waals surface area (Å²) in [7, 11) is 0. The Bertz CT molecular complexity index is 1480. The van der Waals surface area contributed by atoms with Crippen LogP contribution in [0.25, 0.3) is 16.6 Å². The molecular formula is C33H43FN6O2. The third-order valence-corrected chi connectivity index (χ3v) is 9.64. The number of amides is 2. The molecule has 0 spiro atoms. The molecule has 9 heteroatoms. The molecule has 4 aliphatic rings. The molecule has 5 heterocycles. The predicted octanol–water partition coefficient (Wildman–Crippen LogP) is 4.89. The summed E-state index contributed by atoms with van der Waals surface area (Å²) in [6.07, 6.45) is 9.48. The fraction of sp³-hybridized carbons (Fsp3) is 0.545. The largest absolute Gasteiger partial charge is 0.368 e. The number of benzene rings is 1. The third-order valence-electron chi connectivity index (χ3n) is 9.64. The standard InChI is InChI=1S/C33H43FN6O2/c1-5-39(21(2)3)32(41)29-17-24(34)9-12-27(29)28-18-26(20-40-22(4)35-19-30(28)40)37-13-6-14-38(16-15-37)33(42)31-23-7-10-25(36-31)11-8-23/h9,12,17-21,23,25,31,36H,5-8,10-11,13-16H2,1-4H3/t23?,25?,31-/m1/s1. The second kappa shape index (κ2) is 11.7. The van der Waals surface area contributed by atoms with Gasteiger partial charge in [0.05, 0.1) is 29.0 Å². The number of carbonyl (C=O) groups is 2. The highest BCUT2D eigenvalue weighted by Crippen LogP contribution is 2.36. The number of nitrogens with one attached hydrogen (secondary N) is 1. The Balaban J connectivity index is 1.32. The van der Waals surface area contributed by atoms with Gasteiger partial charge in [0.15, 0.2) is 0 Å². The van der Waals surface area contributed by atoms with Crippen molar-refractivity contribution in [1.82, 2.24) is 24.5 Å². The molecule has 3 aromatic rings. The van der Waals surface area contributed by atoms with Gasteiger partial charge >= 0.3 is 0 Å². The first kappa shape index (κ1) is 28.6. The van der Waals surface area contributed by atoms with Crippen molar-refractivity contribution in [2.45, 2.75) is 77.9 Å². The fourth-order valence-corrected chi connectivity index (χ4v) is 7.30. The van der Waals surface area contributed by atoms with Gasteiger partial charge in [-0.25, -0.2) is 9.37 Å². The highest BCUT2D eigenvalue weighted by Gasteiger charge is 2.40. The van der Waals surface area contributed by atoms with E-state index in [0.29, 0.717) is 36.2 Å². The molecule has 1 aromatic carbocycles. The van der Waals surface area contributed by atoms with Crippen LogP contribution in [0.2, 0.25) is 0 Å². The van der Waals surface area contributed by atoms with E-state index < -0.39 is 5.82 Å². The van der Waals surface area contributed by atoms with Crippen molar-refractivity contribution in [3.8, 4) is 11.1 Å². The number of rotatable bonds is 6. The summed E-state index contributed by atoms with van der Waals surface area (Å²) in [4.78, 5) is 38.0. The zero-order valence-corrected chi connectivity index (χ0v) is 25.3. The Labute approximate surface area is 247 Å². The van der Waals surface area contributed by atoms with E-state index in [0.717, 1.165) is 61.5 Å². The van der Waals surface area contributed by atoms with Crippen molar-refractivity contribution < 1.29 is 14.0 Å². The van der Waals surface area contributed by atoms with Crippen LogP contribution in [0.1, 0.15) is 69.1 Å². The Morgan fingerprint density at radius 3 is 2.55 bits per heavy atom. The quantitative estimate of drug-likeness (QED) is 0.454. The van der Waals surface area contributed by atoms with Crippen molar-refractivity contribution in [2.75, 3.05) is 37.6 Å². The van der Waals surface area contributed by atoms with Gasteiger partial charge in [-0.3, -0.25) is 9.59 Å². The predicted molar refractivity (Wildman–Crippen MR) is 163 cm³/mol. The number of hydrogen-bond donors (Lipinski definition) is 1. The molecule has 2 amide bonds. The molecule has 224 valence electrons. The minimum atomic E-state index is -0.434. The Hall–Kier alpha value is -3.46. The molecule has 0 unspecified atom stereocenters. The van der Waals surface area contributed by atoms with Crippen molar-refractivity contribution in [1.29, 1.82) is 0 Å². The van der Waals surface area contributed by atoms with Gasteiger partial charge in [-0.15, -0.1) is 0 Å². The van der Waals surface area contributed by atoms with Crippen molar-refractivity contribution in [2.24, 2.45) is 5.92 Å². The zero-order valence-electron chi connectivity index (χ0n) is 25.3. The van der Waals surface area contributed by atoms with Gasteiger partial charge in [-0.2, -0.15) is 0 Å². The molecule has 3 aliphatic heterocycles. The van der Waals surface area contributed by atoms with E-state index >= 15 is 0 Å². The number of piperidine rings is 2. The van der Waals surface area contributed by atoms with E-state index in [1.54, 1.807) is 11.0 Å². The number of halogens is 1.